The zero-order valence-electron chi connectivity index (χ0n) is 11.3. The summed E-state index contributed by atoms with van der Waals surface area (Å²) in [6, 6.07) is 4.54. The van der Waals surface area contributed by atoms with Crippen molar-refractivity contribution in [3.8, 4) is 0 Å². The highest BCUT2D eigenvalue weighted by Crippen LogP contribution is 2.30. The van der Waals surface area contributed by atoms with Gasteiger partial charge in [0.05, 0.1) is 5.02 Å². The Hall–Kier alpha value is -1.82. The molecule has 0 aromatic heterocycles. The minimum absolute atomic E-state index is 0.0130. The first-order valence-electron chi connectivity index (χ1n) is 6.67. The summed E-state index contributed by atoms with van der Waals surface area (Å²) in [5.41, 5.74) is -0.847. The molecule has 1 fully saturated rings. The van der Waals surface area contributed by atoms with Crippen molar-refractivity contribution in [3.05, 3.63) is 34.6 Å². The first-order chi connectivity index (χ1) is 9.94. The van der Waals surface area contributed by atoms with Crippen LogP contribution in [0, 0.1) is 5.82 Å². The second kappa shape index (κ2) is 6.30. The van der Waals surface area contributed by atoms with E-state index in [0.29, 0.717) is 12.8 Å². The molecule has 0 unspecified atom stereocenters. The van der Waals surface area contributed by atoms with Crippen molar-refractivity contribution in [3.63, 3.8) is 0 Å². The molecule has 2 rings (SSSR count). The van der Waals surface area contributed by atoms with Crippen LogP contribution in [0.25, 0.3) is 0 Å². The molecular formula is C14H16ClFN2O3. The topological polar surface area (TPSA) is 78.4 Å². The smallest absolute Gasteiger partial charge is 0.405 e. The third-order valence-electron chi connectivity index (χ3n) is 3.71. The number of nitrogens with one attached hydrogen (secondary N) is 2. The van der Waals surface area contributed by atoms with Gasteiger partial charge in [0.15, 0.2) is 0 Å². The molecule has 114 valence electrons. The van der Waals surface area contributed by atoms with Crippen molar-refractivity contribution in [2.45, 2.75) is 37.8 Å². The minimum atomic E-state index is -1.24. The van der Waals surface area contributed by atoms with Crippen LogP contribution in [0.2, 0.25) is 5.02 Å². The van der Waals surface area contributed by atoms with Gasteiger partial charge in [0.2, 0.25) is 5.91 Å². The molecule has 0 heterocycles. The summed E-state index contributed by atoms with van der Waals surface area (Å²) in [5.74, 6) is -1.01. The number of benzene rings is 1. The molecule has 1 aliphatic carbocycles. The van der Waals surface area contributed by atoms with Crippen LogP contribution in [-0.2, 0) is 11.3 Å². The fraction of sp³-hybridized carbons (Fsp3) is 0.429. The van der Waals surface area contributed by atoms with Crippen LogP contribution < -0.4 is 10.6 Å². The summed E-state index contributed by atoms with van der Waals surface area (Å²) in [4.78, 5) is 23.1. The van der Waals surface area contributed by atoms with E-state index < -0.39 is 23.4 Å². The van der Waals surface area contributed by atoms with Crippen molar-refractivity contribution >= 4 is 23.6 Å². The van der Waals surface area contributed by atoms with Crippen molar-refractivity contribution in [1.29, 1.82) is 0 Å². The number of rotatable bonds is 4. The Morgan fingerprint density at radius 1 is 1.33 bits per heavy atom. The van der Waals surface area contributed by atoms with Gasteiger partial charge in [0.25, 0.3) is 0 Å². The predicted molar refractivity (Wildman–Crippen MR) is 75.6 cm³/mol. The Labute approximate surface area is 126 Å². The first-order valence-corrected chi connectivity index (χ1v) is 7.05. The highest BCUT2D eigenvalue weighted by atomic mass is 35.5. The van der Waals surface area contributed by atoms with Gasteiger partial charge in [0, 0.05) is 12.1 Å². The number of amides is 2. The van der Waals surface area contributed by atoms with Crippen molar-refractivity contribution < 1.29 is 19.1 Å². The zero-order chi connectivity index (χ0) is 15.5. The summed E-state index contributed by atoms with van der Waals surface area (Å²) in [5, 5.41) is 13.8. The van der Waals surface area contributed by atoms with Gasteiger partial charge in [-0.1, -0.05) is 36.6 Å². The fourth-order valence-corrected chi connectivity index (χ4v) is 2.82. The lowest BCUT2D eigenvalue weighted by molar-refractivity contribution is -0.127. The number of hydrogen-bond donors (Lipinski definition) is 3. The maximum Gasteiger partial charge on any atom is 0.405 e. The first kappa shape index (κ1) is 15.6. The van der Waals surface area contributed by atoms with Crippen LogP contribution in [-0.4, -0.2) is 22.6 Å². The lowest BCUT2D eigenvalue weighted by atomic mass is 9.96. The fourth-order valence-electron chi connectivity index (χ4n) is 2.62. The molecule has 1 aromatic carbocycles. The molecule has 0 radical (unpaired) electrons. The second-order valence-electron chi connectivity index (χ2n) is 5.11. The van der Waals surface area contributed by atoms with Crippen LogP contribution >= 0.6 is 11.6 Å². The van der Waals surface area contributed by atoms with Crippen molar-refractivity contribution in [2.75, 3.05) is 0 Å². The van der Waals surface area contributed by atoms with Crippen LogP contribution in [0.15, 0.2) is 18.2 Å². The molecular weight excluding hydrogens is 299 g/mol. The third kappa shape index (κ3) is 3.44. The molecule has 2 amide bonds. The summed E-state index contributed by atoms with van der Waals surface area (Å²) < 4.78 is 13.7. The van der Waals surface area contributed by atoms with Gasteiger partial charge in [-0.15, -0.1) is 0 Å². The summed E-state index contributed by atoms with van der Waals surface area (Å²) >= 11 is 5.67. The number of carbonyl (C=O) groups excluding carboxylic acids is 1. The Balaban J connectivity index is 2.06. The van der Waals surface area contributed by atoms with Crippen LogP contribution in [0.1, 0.15) is 31.2 Å². The number of halogens is 2. The Morgan fingerprint density at radius 3 is 2.62 bits per heavy atom. The average Bonchev–Trinajstić information content (AvgIpc) is 2.89. The largest absolute Gasteiger partial charge is 0.465 e. The van der Waals surface area contributed by atoms with Crippen LogP contribution in [0.4, 0.5) is 9.18 Å². The van der Waals surface area contributed by atoms with E-state index in [1.54, 1.807) is 6.07 Å². The Kier molecular flexibility index (Phi) is 4.67. The standard InChI is InChI=1S/C14H16ClFN2O3/c15-10-5-3-4-9(11(10)16)8-17-12(19)14(18-13(20)21)6-1-2-7-14/h3-5,18H,1-2,6-8H2,(H,17,19)(H,20,21). The second-order valence-corrected chi connectivity index (χ2v) is 5.52. The predicted octanol–water partition coefficient (Wildman–Crippen LogP) is 2.68. The lowest BCUT2D eigenvalue weighted by Crippen LogP contribution is -2.56. The molecule has 0 aliphatic heterocycles. The van der Waals surface area contributed by atoms with Gasteiger partial charge in [-0.3, -0.25) is 4.79 Å². The van der Waals surface area contributed by atoms with Crippen molar-refractivity contribution in [1.82, 2.24) is 10.6 Å². The van der Waals surface area contributed by atoms with E-state index in [-0.39, 0.29) is 17.1 Å². The quantitative estimate of drug-likeness (QED) is 0.799. The summed E-state index contributed by atoms with van der Waals surface area (Å²) in [7, 11) is 0. The lowest BCUT2D eigenvalue weighted by Gasteiger charge is -2.27. The summed E-state index contributed by atoms with van der Waals surface area (Å²) in [6.07, 6.45) is 1.21. The molecule has 0 saturated heterocycles. The van der Waals surface area contributed by atoms with E-state index in [1.165, 1.54) is 12.1 Å². The monoisotopic (exact) mass is 314 g/mol. The molecule has 1 aromatic rings. The van der Waals surface area contributed by atoms with Crippen LogP contribution in [0.5, 0.6) is 0 Å². The van der Waals surface area contributed by atoms with Crippen molar-refractivity contribution in [2.24, 2.45) is 0 Å². The van der Waals surface area contributed by atoms with Gasteiger partial charge in [-0.05, 0) is 18.9 Å². The Morgan fingerprint density at radius 2 is 2.00 bits per heavy atom. The van der Waals surface area contributed by atoms with E-state index in [4.69, 9.17) is 16.7 Å². The average molecular weight is 315 g/mol. The molecule has 5 nitrogen and oxygen atoms in total. The maximum absolute atomic E-state index is 13.7. The van der Waals surface area contributed by atoms with E-state index in [0.717, 1.165) is 12.8 Å². The SMILES string of the molecule is O=C(O)NC1(C(=O)NCc2cccc(Cl)c2F)CCCC1. The van der Waals surface area contributed by atoms with Gasteiger partial charge < -0.3 is 15.7 Å². The third-order valence-corrected chi connectivity index (χ3v) is 4.00. The molecule has 0 spiro atoms. The molecule has 0 atom stereocenters. The van der Waals surface area contributed by atoms with Gasteiger partial charge >= 0.3 is 6.09 Å². The normalized spacial score (nSPS) is 16.5. The number of hydrogen-bond acceptors (Lipinski definition) is 2. The Bertz CT molecular complexity index is 559. The van der Waals surface area contributed by atoms with E-state index in [9.17, 15) is 14.0 Å². The molecule has 1 saturated carbocycles. The molecule has 0 bridgehead atoms. The van der Waals surface area contributed by atoms with E-state index >= 15 is 0 Å². The molecule has 1 aliphatic rings. The highest BCUT2D eigenvalue weighted by Gasteiger charge is 2.42. The van der Waals surface area contributed by atoms with Crippen LogP contribution in [0.3, 0.4) is 0 Å². The minimum Gasteiger partial charge on any atom is -0.465 e. The highest BCUT2D eigenvalue weighted by molar-refractivity contribution is 6.30. The van der Waals surface area contributed by atoms with Gasteiger partial charge in [0.1, 0.15) is 11.4 Å². The van der Waals surface area contributed by atoms with Gasteiger partial charge in [-0.25, -0.2) is 9.18 Å². The number of carbonyl (C=O) groups is 2. The zero-order valence-corrected chi connectivity index (χ0v) is 12.0. The van der Waals surface area contributed by atoms with Gasteiger partial charge in [-0.2, -0.15) is 0 Å². The molecule has 7 heteroatoms. The number of carboxylic acid groups (broad SMARTS) is 1. The molecule has 3 N–H and O–H groups in total. The van der Waals surface area contributed by atoms with E-state index in [2.05, 4.69) is 10.6 Å². The molecule has 21 heavy (non-hydrogen) atoms. The van der Waals surface area contributed by atoms with E-state index in [1.807, 2.05) is 0 Å². The maximum atomic E-state index is 13.7. The summed E-state index contributed by atoms with van der Waals surface area (Å²) in [6.45, 7) is -0.0335.